The van der Waals surface area contributed by atoms with Crippen molar-refractivity contribution in [2.24, 2.45) is 0 Å². The van der Waals surface area contributed by atoms with Crippen molar-refractivity contribution in [3.8, 4) is 0 Å². The van der Waals surface area contributed by atoms with Gasteiger partial charge >= 0.3 is 0 Å². The van der Waals surface area contributed by atoms with Gasteiger partial charge in [-0.2, -0.15) is 0 Å². The second-order valence-corrected chi connectivity index (χ2v) is 4.33. The molecular weight excluding hydrogens is 252 g/mol. The Morgan fingerprint density at radius 1 is 1.53 bits per heavy atom. The van der Waals surface area contributed by atoms with Crippen LogP contribution in [0.2, 0.25) is 0 Å². The van der Waals surface area contributed by atoms with Crippen molar-refractivity contribution in [3.63, 3.8) is 0 Å². The van der Waals surface area contributed by atoms with Crippen LogP contribution >= 0.6 is 15.9 Å². The molecule has 1 heterocycles. The van der Waals surface area contributed by atoms with Gasteiger partial charge in [0.15, 0.2) is 0 Å². The Morgan fingerprint density at radius 3 is 2.80 bits per heavy atom. The number of aryl methyl sites for hydroxylation is 1. The van der Waals surface area contributed by atoms with E-state index in [1.54, 1.807) is 0 Å². The van der Waals surface area contributed by atoms with E-state index >= 15 is 0 Å². The van der Waals surface area contributed by atoms with Gasteiger partial charge in [0.25, 0.3) is 0 Å². The lowest BCUT2D eigenvalue weighted by molar-refractivity contribution is 0.799. The van der Waals surface area contributed by atoms with E-state index in [1.165, 1.54) is 0 Å². The SMILES string of the molecule is C=CCN(CCC)c1ccc(Br)c(C)n1. The maximum atomic E-state index is 4.54. The molecule has 0 aromatic carbocycles. The molecule has 0 fully saturated rings. The van der Waals surface area contributed by atoms with Gasteiger partial charge in [0.1, 0.15) is 5.82 Å². The third-order valence-corrected chi connectivity index (χ3v) is 3.01. The standard InChI is InChI=1S/C12H17BrN2/c1-4-8-15(9-5-2)12-7-6-11(13)10(3)14-12/h4,6-7H,1,5,8-9H2,2-3H3. The molecule has 1 aromatic rings. The van der Waals surface area contributed by atoms with Crippen molar-refractivity contribution in [3.05, 3.63) is 35.0 Å². The molecule has 0 aliphatic rings. The van der Waals surface area contributed by atoms with Gasteiger partial charge in [-0.25, -0.2) is 4.98 Å². The van der Waals surface area contributed by atoms with E-state index in [4.69, 9.17) is 0 Å². The topological polar surface area (TPSA) is 16.1 Å². The molecule has 82 valence electrons. The fraction of sp³-hybridized carbons (Fsp3) is 0.417. The average Bonchev–Trinajstić information content (AvgIpc) is 2.22. The van der Waals surface area contributed by atoms with Crippen molar-refractivity contribution < 1.29 is 0 Å². The summed E-state index contributed by atoms with van der Waals surface area (Å²) < 4.78 is 1.06. The Labute approximate surface area is 100 Å². The first-order valence-electron chi connectivity index (χ1n) is 5.18. The summed E-state index contributed by atoms with van der Waals surface area (Å²) in [5, 5.41) is 0. The largest absolute Gasteiger partial charge is 0.353 e. The van der Waals surface area contributed by atoms with E-state index < -0.39 is 0 Å². The molecule has 0 spiro atoms. The molecule has 0 aliphatic heterocycles. The number of aromatic nitrogens is 1. The average molecular weight is 269 g/mol. The minimum atomic E-state index is 0.849. The molecule has 0 N–H and O–H groups in total. The summed E-state index contributed by atoms with van der Waals surface area (Å²) >= 11 is 3.46. The van der Waals surface area contributed by atoms with Crippen LogP contribution in [0.15, 0.2) is 29.3 Å². The van der Waals surface area contributed by atoms with Gasteiger partial charge in [0, 0.05) is 17.6 Å². The normalized spacial score (nSPS) is 10.1. The molecule has 1 aromatic heterocycles. The maximum Gasteiger partial charge on any atom is 0.129 e. The molecule has 0 saturated carbocycles. The van der Waals surface area contributed by atoms with Crippen LogP contribution in [0, 0.1) is 6.92 Å². The number of anilines is 1. The van der Waals surface area contributed by atoms with E-state index in [9.17, 15) is 0 Å². The fourth-order valence-electron chi connectivity index (χ4n) is 1.43. The summed E-state index contributed by atoms with van der Waals surface area (Å²) in [6.45, 7) is 9.81. The quantitative estimate of drug-likeness (QED) is 0.760. The summed E-state index contributed by atoms with van der Waals surface area (Å²) in [7, 11) is 0. The number of nitrogens with zero attached hydrogens (tertiary/aromatic N) is 2. The first-order valence-corrected chi connectivity index (χ1v) is 5.97. The van der Waals surface area contributed by atoms with E-state index in [1.807, 2.05) is 25.1 Å². The highest BCUT2D eigenvalue weighted by Gasteiger charge is 2.06. The predicted molar refractivity (Wildman–Crippen MR) is 69.4 cm³/mol. The number of halogens is 1. The Bertz CT molecular complexity index is 336. The molecule has 0 saturated heterocycles. The molecule has 0 bridgehead atoms. The van der Waals surface area contributed by atoms with Crippen molar-refractivity contribution in [1.82, 2.24) is 4.98 Å². The van der Waals surface area contributed by atoms with Crippen LogP contribution in [0.5, 0.6) is 0 Å². The van der Waals surface area contributed by atoms with Crippen LogP contribution in [0.3, 0.4) is 0 Å². The minimum Gasteiger partial charge on any atom is -0.353 e. The van der Waals surface area contributed by atoms with Crippen LogP contribution in [0.25, 0.3) is 0 Å². The lowest BCUT2D eigenvalue weighted by Gasteiger charge is -2.21. The number of rotatable bonds is 5. The van der Waals surface area contributed by atoms with Crippen molar-refractivity contribution in [1.29, 1.82) is 0 Å². The van der Waals surface area contributed by atoms with Crippen molar-refractivity contribution in [2.45, 2.75) is 20.3 Å². The summed E-state index contributed by atoms with van der Waals surface area (Å²) in [4.78, 5) is 6.77. The van der Waals surface area contributed by atoms with Crippen LogP contribution in [0.1, 0.15) is 19.0 Å². The molecule has 1 rings (SSSR count). The predicted octanol–water partition coefficient (Wildman–Crippen LogP) is 3.55. The highest BCUT2D eigenvalue weighted by atomic mass is 79.9. The van der Waals surface area contributed by atoms with Gasteiger partial charge in [-0.3, -0.25) is 0 Å². The number of hydrogen-bond donors (Lipinski definition) is 0. The summed E-state index contributed by atoms with van der Waals surface area (Å²) in [5.41, 5.74) is 1.03. The van der Waals surface area contributed by atoms with Gasteiger partial charge in [0.05, 0.1) is 5.69 Å². The van der Waals surface area contributed by atoms with Crippen LogP contribution in [-0.2, 0) is 0 Å². The first-order chi connectivity index (χ1) is 7.19. The van der Waals surface area contributed by atoms with E-state index in [0.29, 0.717) is 0 Å². The van der Waals surface area contributed by atoms with Gasteiger partial charge in [-0.05, 0) is 41.4 Å². The zero-order valence-corrected chi connectivity index (χ0v) is 10.9. The molecule has 0 unspecified atom stereocenters. The van der Waals surface area contributed by atoms with E-state index in [0.717, 1.165) is 35.5 Å². The van der Waals surface area contributed by atoms with Gasteiger partial charge in [0.2, 0.25) is 0 Å². The molecule has 0 atom stereocenters. The molecule has 0 aliphatic carbocycles. The van der Waals surface area contributed by atoms with Crippen molar-refractivity contribution in [2.75, 3.05) is 18.0 Å². The third kappa shape index (κ3) is 3.34. The molecule has 15 heavy (non-hydrogen) atoms. The van der Waals surface area contributed by atoms with E-state index in [2.05, 4.69) is 39.3 Å². The summed E-state index contributed by atoms with van der Waals surface area (Å²) in [5.74, 6) is 1.03. The lowest BCUT2D eigenvalue weighted by Crippen LogP contribution is -2.25. The second kappa shape index (κ2) is 5.91. The Kier molecular flexibility index (Phi) is 4.82. The van der Waals surface area contributed by atoms with Gasteiger partial charge in [-0.15, -0.1) is 6.58 Å². The third-order valence-electron chi connectivity index (χ3n) is 2.17. The zero-order valence-electron chi connectivity index (χ0n) is 9.33. The molecule has 3 heteroatoms. The molecule has 0 radical (unpaired) electrons. The van der Waals surface area contributed by atoms with Crippen LogP contribution in [-0.4, -0.2) is 18.1 Å². The monoisotopic (exact) mass is 268 g/mol. The molecule has 2 nitrogen and oxygen atoms in total. The van der Waals surface area contributed by atoms with E-state index in [-0.39, 0.29) is 0 Å². The smallest absolute Gasteiger partial charge is 0.129 e. The Morgan fingerprint density at radius 2 is 2.27 bits per heavy atom. The minimum absolute atomic E-state index is 0.849. The molecular formula is C12H17BrN2. The maximum absolute atomic E-state index is 4.54. The number of hydrogen-bond acceptors (Lipinski definition) is 2. The Hall–Kier alpha value is -0.830. The van der Waals surface area contributed by atoms with Gasteiger partial charge in [-0.1, -0.05) is 13.0 Å². The van der Waals surface area contributed by atoms with Crippen LogP contribution < -0.4 is 4.90 Å². The van der Waals surface area contributed by atoms with Crippen molar-refractivity contribution >= 4 is 21.7 Å². The van der Waals surface area contributed by atoms with Gasteiger partial charge < -0.3 is 4.90 Å². The second-order valence-electron chi connectivity index (χ2n) is 3.47. The van der Waals surface area contributed by atoms with Crippen LogP contribution in [0.4, 0.5) is 5.82 Å². The number of pyridine rings is 1. The highest BCUT2D eigenvalue weighted by Crippen LogP contribution is 2.19. The highest BCUT2D eigenvalue weighted by molar-refractivity contribution is 9.10. The Balaban J connectivity index is 2.89. The summed E-state index contributed by atoms with van der Waals surface area (Å²) in [6, 6.07) is 4.08. The lowest BCUT2D eigenvalue weighted by atomic mass is 10.3. The summed E-state index contributed by atoms with van der Waals surface area (Å²) in [6.07, 6.45) is 3.03. The fourth-order valence-corrected chi connectivity index (χ4v) is 1.65. The molecule has 0 amide bonds. The zero-order chi connectivity index (χ0) is 11.3. The first kappa shape index (κ1) is 12.2.